The highest BCUT2D eigenvalue weighted by molar-refractivity contribution is 5.95. The minimum atomic E-state index is -0.206. The van der Waals surface area contributed by atoms with Crippen LogP contribution in [0.1, 0.15) is 40.4 Å². The highest BCUT2D eigenvalue weighted by atomic mass is 16.5. The fraction of sp³-hybridized carbons (Fsp3) is 0.294. The van der Waals surface area contributed by atoms with E-state index < -0.39 is 0 Å². The molecule has 0 bridgehead atoms. The summed E-state index contributed by atoms with van der Waals surface area (Å²) in [5, 5.41) is 14.1. The van der Waals surface area contributed by atoms with Crippen LogP contribution >= 0.6 is 0 Å². The molecule has 1 amide bonds. The number of rotatable bonds is 5. The normalized spacial score (nSPS) is 12.0. The van der Waals surface area contributed by atoms with Crippen molar-refractivity contribution in [2.45, 2.75) is 26.8 Å². The van der Waals surface area contributed by atoms with Gasteiger partial charge in [-0.1, -0.05) is 0 Å². The number of carbonyl (C=O) groups excluding carboxylic acids is 1. The summed E-state index contributed by atoms with van der Waals surface area (Å²) >= 11 is 0. The molecule has 0 saturated carbocycles. The highest BCUT2D eigenvalue weighted by Gasteiger charge is 2.18. The van der Waals surface area contributed by atoms with E-state index in [-0.39, 0.29) is 11.9 Å². The minimum Gasteiger partial charge on any atom is -0.494 e. The van der Waals surface area contributed by atoms with E-state index >= 15 is 0 Å². The van der Waals surface area contributed by atoms with Crippen LogP contribution in [0.4, 0.5) is 0 Å². The number of aromatic nitrogens is 4. The van der Waals surface area contributed by atoms with Crippen molar-refractivity contribution in [2.24, 2.45) is 0 Å². The predicted octanol–water partition coefficient (Wildman–Crippen LogP) is 2.37. The van der Waals surface area contributed by atoms with Crippen molar-refractivity contribution in [3.8, 4) is 11.4 Å². The monoisotopic (exact) mass is 341 g/mol. The zero-order valence-electron chi connectivity index (χ0n) is 14.5. The second kappa shape index (κ2) is 6.76. The van der Waals surface area contributed by atoms with E-state index in [1.54, 1.807) is 25.3 Å². The average Bonchev–Trinajstić information content (AvgIpc) is 3.23. The van der Waals surface area contributed by atoms with Gasteiger partial charge in [0.05, 0.1) is 13.2 Å². The Morgan fingerprint density at radius 2 is 2.12 bits per heavy atom. The van der Waals surface area contributed by atoms with E-state index in [4.69, 9.17) is 9.15 Å². The molecular formula is C17H19N5O3. The first kappa shape index (κ1) is 16.7. The van der Waals surface area contributed by atoms with Crippen molar-refractivity contribution in [2.75, 3.05) is 7.11 Å². The first-order valence-electron chi connectivity index (χ1n) is 7.78. The van der Waals surface area contributed by atoms with Crippen molar-refractivity contribution in [3.05, 3.63) is 53.2 Å². The molecule has 2 aromatic heterocycles. The van der Waals surface area contributed by atoms with Crippen LogP contribution in [0, 0.1) is 13.8 Å². The molecule has 1 N–H and O–H groups in total. The number of methoxy groups -OCH3 is 1. The Labute approximate surface area is 144 Å². The molecule has 0 spiro atoms. The van der Waals surface area contributed by atoms with Crippen LogP contribution in [0.2, 0.25) is 0 Å². The van der Waals surface area contributed by atoms with Gasteiger partial charge in [-0.25, -0.2) is 0 Å². The number of hydrogen-bond donors (Lipinski definition) is 1. The van der Waals surface area contributed by atoms with Crippen LogP contribution in [0.15, 0.2) is 35.0 Å². The van der Waals surface area contributed by atoms with Gasteiger partial charge in [0.1, 0.15) is 29.3 Å². The van der Waals surface area contributed by atoms with Crippen LogP contribution in [-0.4, -0.2) is 33.2 Å². The standard InChI is InChI=1S/C17H19N5O3/c1-10-7-14(12(3)25-10)11(2)19-17(23)13-5-6-16(24-4)15(8-13)22-9-18-20-21-22/h5-9,11H,1-4H3,(H,19,23)/t11-/m0/s1. The van der Waals surface area contributed by atoms with Gasteiger partial charge < -0.3 is 14.5 Å². The Bertz CT molecular complexity index is 886. The summed E-state index contributed by atoms with van der Waals surface area (Å²) in [7, 11) is 1.55. The van der Waals surface area contributed by atoms with Crippen LogP contribution in [0.25, 0.3) is 5.69 Å². The smallest absolute Gasteiger partial charge is 0.251 e. The van der Waals surface area contributed by atoms with Crippen molar-refractivity contribution < 1.29 is 13.9 Å². The quantitative estimate of drug-likeness (QED) is 0.765. The second-order valence-corrected chi connectivity index (χ2v) is 5.70. The molecule has 1 atom stereocenters. The summed E-state index contributed by atoms with van der Waals surface area (Å²) in [6.45, 7) is 5.68. The highest BCUT2D eigenvalue weighted by Crippen LogP contribution is 2.25. The van der Waals surface area contributed by atoms with E-state index in [2.05, 4.69) is 20.8 Å². The molecule has 130 valence electrons. The molecule has 25 heavy (non-hydrogen) atoms. The molecule has 2 heterocycles. The lowest BCUT2D eigenvalue weighted by Gasteiger charge is -2.14. The number of benzene rings is 1. The van der Waals surface area contributed by atoms with Gasteiger partial charge in [-0.2, -0.15) is 4.68 Å². The lowest BCUT2D eigenvalue weighted by molar-refractivity contribution is 0.0939. The van der Waals surface area contributed by atoms with Gasteiger partial charge in [0.15, 0.2) is 0 Å². The van der Waals surface area contributed by atoms with Crippen molar-refractivity contribution in [1.29, 1.82) is 0 Å². The number of hydrogen-bond acceptors (Lipinski definition) is 6. The predicted molar refractivity (Wildman–Crippen MR) is 89.8 cm³/mol. The number of amides is 1. The van der Waals surface area contributed by atoms with E-state index in [0.29, 0.717) is 17.0 Å². The minimum absolute atomic E-state index is 0.177. The Morgan fingerprint density at radius 3 is 2.72 bits per heavy atom. The number of carbonyl (C=O) groups is 1. The maximum atomic E-state index is 12.6. The molecule has 0 saturated heterocycles. The first-order chi connectivity index (χ1) is 12.0. The molecule has 0 aliphatic heterocycles. The van der Waals surface area contributed by atoms with Crippen LogP contribution in [0.3, 0.4) is 0 Å². The third-order valence-electron chi connectivity index (χ3n) is 3.93. The van der Waals surface area contributed by atoms with E-state index in [9.17, 15) is 4.79 Å². The van der Waals surface area contributed by atoms with Gasteiger partial charge in [-0.3, -0.25) is 4.79 Å². The fourth-order valence-electron chi connectivity index (χ4n) is 2.72. The number of furan rings is 1. The molecule has 1 aromatic carbocycles. The van der Waals surface area contributed by atoms with Crippen LogP contribution in [0.5, 0.6) is 5.75 Å². The van der Waals surface area contributed by atoms with Crippen molar-refractivity contribution in [1.82, 2.24) is 25.5 Å². The van der Waals surface area contributed by atoms with Crippen molar-refractivity contribution in [3.63, 3.8) is 0 Å². The summed E-state index contributed by atoms with van der Waals surface area (Å²) in [6, 6.07) is 6.85. The maximum absolute atomic E-state index is 12.6. The molecule has 8 heteroatoms. The lowest BCUT2D eigenvalue weighted by atomic mass is 10.1. The Morgan fingerprint density at radius 1 is 1.32 bits per heavy atom. The molecule has 8 nitrogen and oxygen atoms in total. The maximum Gasteiger partial charge on any atom is 0.251 e. The van der Waals surface area contributed by atoms with Gasteiger partial charge in [-0.15, -0.1) is 5.10 Å². The number of nitrogens with one attached hydrogen (secondary N) is 1. The number of ether oxygens (including phenoxy) is 1. The molecule has 0 radical (unpaired) electrons. The SMILES string of the molecule is COc1ccc(C(=O)N[C@@H](C)c2cc(C)oc2C)cc1-n1cnnn1. The zero-order valence-corrected chi connectivity index (χ0v) is 14.5. The fourth-order valence-corrected chi connectivity index (χ4v) is 2.72. The summed E-state index contributed by atoms with van der Waals surface area (Å²) < 4.78 is 12.3. The summed E-state index contributed by atoms with van der Waals surface area (Å²) in [5.41, 5.74) is 2.03. The Kier molecular flexibility index (Phi) is 4.51. The zero-order chi connectivity index (χ0) is 18.0. The van der Waals surface area contributed by atoms with Gasteiger partial charge in [0.2, 0.25) is 0 Å². The van der Waals surface area contributed by atoms with Crippen LogP contribution in [-0.2, 0) is 0 Å². The number of tetrazole rings is 1. The molecule has 0 aliphatic carbocycles. The van der Waals surface area contributed by atoms with E-state index in [1.165, 1.54) is 11.0 Å². The van der Waals surface area contributed by atoms with Gasteiger partial charge >= 0.3 is 0 Å². The lowest BCUT2D eigenvalue weighted by Crippen LogP contribution is -2.27. The molecule has 0 fully saturated rings. The third kappa shape index (κ3) is 3.37. The molecule has 3 aromatic rings. The van der Waals surface area contributed by atoms with E-state index in [0.717, 1.165) is 17.1 Å². The molecule has 0 aliphatic rings. The summed E-state index contributed by atoms with van der Waals surface area (Å²) in [6.07, 6.45) is 1.44. The first-order valence-corrected chi connectivity index (χ1v) is 7.78. The van der Waals surface area contributed by atoms with Crippen molar-refractivity contribution >= 4 is 5.91 Å². The molecule has 0 unspecified atom stereocenters. The summed E-state index contributed by atoms with van der Waals surface area (Å²) in [4.78, 5) is 12.6. The summed E-state index contributed by atoms with van der Waals surface area (Å²) in [5.74, 6) is 1.98. The largest absolute Gasteiger partial charge is 0.494 e. The molecular weight excluding hydrogens is 322 g/mol. The average molecular weight is 341 g/mol. The van der Waals surface area contributed by atoms with Gasteiger partial charge in [0.25, 0.3) is 5.91 Å². The molecule has 3 rings (SSSR count). The number of aryl methyl sites for hydroxylation is 2. The van der Waals surface area contributed by atoms with Gasteiger partial charge in [-0.05, 0) is 55.5 Å². The topological polar surface area (TPSA) is 95.1 Å². The van der Waals surface area contributed by atoms with Crippen LogP contribution < -0.4 is 10.1 Å². The van der Waals surface area contributed by atoms with Gasteiger partial charge in [0, 0.05) is 11.1 Å². The Hall–Kier alpha value is -3.16. The third-order valence-corrected chi connectivity index (χ3v) is 3.93. The Balaban J connectivity index is 1.85. The van der Waals surface area contributed by atoms with E-state index in [1.807, 2.05) is 26.8 Å². The second-order valence-electron chi connectivity index (χ2n) is 5.70. The number of nitrogens with zero attached hydrogens (tertiary/aromatic N) is 4.